The molecular formula is C36H24NOP. The van der Waals surface area contributed by atoms with Crippen molar-refractivity contribution >= 4 is 34.2 Å². The van der Waals surface area contributed by atoms with Gasteiger partial charge < -0.3 is 4.57 Å². The van der Waals surface area contributed by atoms with Crippen molar-refractivity contribution in [2.45, 2.75) is 0 Å². The first-order valence-electron chi connectivity index (χ1n) is 13.0. The molecule has 0 saturated heterocycles. The van der Waals surface area contributed by atoms with Crippen molar-refractivity contribution in [1.29, 1.82) is 0 Å². The molecule has 0 bridgehead atoms. The molecule has 1 atom stereocenters. The molecule has 1 heterocycles. The first kappa shape index (κ1) is 23.4. The standard InChI is InChI=1S/C36H24NOP/c1-37-27-20-18-25(19-21-27)24-14-16-26(17-15-24)28-22-23-31(30-9-4-3-8-29(28)30)32-11-7-13-35-36(32)33-10-5-6-12-34(33)39(35,2)38/h3-23H,2H3. The minimum absolute atomic E-state index is 0.649. The Morgan fingerprint density at radius 3 is 1.77 bits per heavy atom. The van der Waals surface area contributed by atoms with Gasteiger partial charge in [-0.2, -0.15) is 0 Å². The molecule has 2 nitrogen and oxygen atoms in total. The van der Waals surface area contributed by atoms with Crippen molar-refractivity contribution < 1.29 is 4.57 Å². The third-order valence-corrected chi connectivity index (χ3v) is 10.5. The van der Waals surface area contributed by atoms with Gasteiger partial charge in [0, 0.05) is 16.2 Å². The van der Waals surface area contributed by atoms with Gasteiger partial charge in [-0.15, -0.1) is 0 Å². The summed E-state index contributed by atoms with van der Waals surface area (Å²) in [7, 11) is -2.64. The lowest BCUT2D eigenvalue weighted by molar-refractivity contribution is 0.591. The van der Waals surface area contributed by atoms with Crippen molar-refractivity contribution in [3.05, 3.63) is 139 Å². The zero-order chi connectivity index (χ0) is 26.6. The van der Waals surface area contributed by atoms with Crippen LogP contribution in [0.2, 0.25) is 0 Å². The van der Waals surface area contributed by atoms with E-state index < -0.39 is 7.14 Å². The first-order valence-corrected chi connectivity index (χ1v) is 15.1. The third-order valence-electron chi connectivity index (χ3n) is 7.88. The van der Waals surface area contributed by atoms with E-state index in [4.69, 9.17) is 6.57 Å². The largest absolute Gasteiger partial charge is 0.314 e. The van der Waals surface area contributed by atoms with Crippen molar-refractivity contribution in [3.63, 3.8) is 0 Å². The molecule has 0 spiro atoms. The molecule has 0 fully saturated rings. The fourth-order valence-corrected chi connectivity index (χ4v) is 8.26. The number of nitrogens with zero attached hydrogens (tertiary/aromatic N) is 1. The van der Waals surface area contributed by atoms with E-state index in [0.717, 1.165) is 49.6 Å². The number of hydrogen-bond donors (Lipinski definition) is 0. The lowest BCUT2D eigenvalue weighted by Gasteiger charge is -2.16. The van der Waals surface area contributed by atoms with Crippen molar-refractivity contribution in [2.24, 2.45) is 0 Å². The number of benzene rings is 6. The molecule has 1 aliphatic heterocycles. The minimum Gasteiger partial charge on any atom is -0.314 e. The van der Waals surface area contributed by atoms with E-state index in [1.54, 1.807) is 0 Å². The topological polar surface area (TPSA) is 21.4 Å². The lowest BCUT2D eigenvalue weighted by Crippen LogP contribution is -2.08. The van der Waals surface area contributed by atoms with E-state index in [0.29, 0.717) is 5.69 Å². The average molecular weight is 518 g/mol. The Morgan fingerprint density at radius 2 is 1.05 bits per heavy atom. The highest BCUT2D eigenvalue weighted by molar-refractivity contribution is 7.79. The van der Waals surface area contributed by atoms with Crippen molar-refractivity contribution in [3.8, 4) is 44.5 Å². The third kappa shape index (κ3) is 3.67. The molecule has 0 aromatic heterocycles. The maximum absolute atomic E-state index is 13.9. The van der Waals surface area contributed by atoms with Gasteiger partial charge in [-0.1, -0.05) is 127 Å². The van der Waals surface area contributed by atoms with Crippen LogP contribution < -0.4 is 10.6 Å². The van der Waals surface area contributed by atoms with Crippen LogP contribution in [0.5, 0.6) is 0 Å². The quantitative estimate of drug-likeness (QED) is 0.169. The Balaban J connectivity index is 1.37. The van der Waals surface area contributed by atoms with Crippen LogP contribution in [0.3, 0.4) is 0 Å². The second kappa shape index (κ2) is 8.95. The van der Waals surface area contributed by atoms with E-state index >= 15 is 0 Å². The molecular weight excluding hydrogens is 493 g/mol. The summed E-state index contributed by atoms with van der Waals surface area (Å²) in [4.78, 5) is 3.49. The minimum atomic E-state index is -2.64. The summed E-state index contributed by atoms with van der Waals surface area (Å²) < 4.78 is 13.9. The summed E-state index contributed by atoms with van der Waals surface area (Å²) in [6.07, 6.45) is 0. The highest BCUT2D eigenvalue weighted by atomic mass is 31.2. The Kier molecular flexibility index (Phi) is 5.38. The SMILES string of the molecule is [C-]#[N+]c1ccc(-c2ccc(-c3ccc(-c4cccc5c4-c4ccccc4P5(C)=O)c4ccccc34)cc2)cc1. The van der Waals surface area contributed by atoms with Gasteiger partial charge in [0.05, 0.1) is 6.57 Å². The van der Waals surface area contributed by atoms with Gasteiger partial charge in [-0.05, 0) is 56.4 Å². The second-order valence-corrected chi connectivity index (χ2v) is 12.9. The van der Waals surface area contributed by atoms with Gasteiger partial charge in [0.2, 0.25) is 0 Å². The molecule has 0 saturated carbocycles. The normalized spacial score (nSPS) is 15.5. The average Bonchev–Trinajstić information content (AvgIpc) is 3.23. The van der Waals surface area contributed by atoms with Gasteiger partial charge >= 0.3 is 0 Å². The fraction of sp³-hybridized carbons (Fsp3) is 0.0278. The number of fused-ring (bicyclic) bond motifs is 4. The molecule has 0 amide bonds. The summed E-state index contributed by atoms with van der Waals surface area (Å²) in [6.45, 7) is 9.07. The number of rotatable bonds is 3. The van der Waals surface area contributed by atoms with Gasteiger partial charge in [-0.25, -0.2) is 4.85 Å². The van der Waals surface area contributed by atoms with Crippen LogP contribution in [0, 0.1) is 6.57 Å². The molecule has 184 valence electrons. The van der Waals surface area contributed by atoms with Crippen LogP contribution in [0.25, 0.3) is 60.1 Å². The Bertz CT molecular complexity index is 2000. The van der Waals surface area contributed by atoms with Gasteiger partial charge in [0.25, 0.3) is 0 Å². The molecule has 7 rings (SSSR count). The van der Waals surface area contributed by atoms with Crippen LogP contribution in [0.15, 0.2) is 127 Å². The van der Waals surface area contributed by atoms with Crippen LogP contribution >= 0.6 is 7.14 Å². The molecule has 6 aromatic carbocycles. The smallest absolute Gasteiger partial charge is 0.187 e. The summed E-state index contributed by atoms with van der Waals surface area (Å²) in [5.41, 5.74) is 9.67. The molecule has 1 aliphatic rings. The van der Waals surface area contributed by atoms with Gasteiger partial charge in [-0.3, -0.25) is 0 Å². The van der Waals surface area contributed by atoms with E-state index in [1.807, 2.05) is 61.3 Å². The van der Waals surface area contributed by atoms with Crippen LogP contribution in [0.4, 0.5) is 5.69 Å². The Hall–Kier alpha value is -4.70. The van der Waals surface area contributed by atoms with Crippen LogP contribution in [0.1, 0.15) is 0 Å². The molecule has 1 unspecified atom stereocenters. The van der Waals surface area contributed by atoms with Crippen molar-refractivity contribution in [2.75, 3.05) is 6.66 Å². The van der Waals surface area contributed by atoms with Crippen molar-refractivity contribution in [1.82, 2.24) is 0 Å². The maximum Gasteiger partial charge on any atom is 0.187 e. The molecule has 0 aliphatic carbocycles. The van der Waals surface area contributed by atoms with E-state index in [-0.39, 0.29) is 0 Å². The zero-order valence-electron chi connectivity index (χ0n) is 21.4. The molecule has 6 aromatic rings. The summed E-state index contributed by atoms with van der Waals surface area (Å²) in [5.74, 6) is 0. The monoisotopic (exact) mass is 517 g/mol. The number of hydrogen-bond acceptors (Lipinski definition) is 1. The maximum atomic E-state index is 13.9. The molecule has 0 N–H and O–H groups in total. The predicted molar refractivity (Wildman–Crippen MR) is 165 cm³/mol. The second-order valence-electron chi connectivity index (χ2n) is 10.1. The first-order chi connectivity index (χ1) is 19.1. The zero-order valence-corrected chi connectivity index (χ0v) is 22.3. The Morgan fingerprint density at radius 1 is 0.513 bits per heavy atom. The Labute approximate surface area is 228 Å². The van der Waals surface area contributed by atoms with E-state index in [1.165, 1.54) is 16.3 Å². The van der Waals surface area contributed by atoms with Gasteiger partial charge in [0.15, 0.2) is 5.69 Å². The predicted octanol–water partition coefficient (Wildman–Crippen LogP) is 9.32. The van der Waals surface area contributed by atoms with Crippen LogP contribution in [-0.4, -0.2) is 6.66 Å². The molecule has 3 heteroatoms. The summed E-state index contributed by atoms with van der Waals surface area (Å²) in [6, 6.07) is 43.7. The fourth-order valence-electron chi connectivity index (χ4n) is 5.95. The molecule has 0 radical (unpaired) electrons. The molecule has 39 heavy (non-hydrogen) atoms. The van der Waals surface area contributed by atoms with Crippen LogP contribution in [-0.2, 0) is 4.57 Å². The lowest BCUT2D eigenvalue weighted by atomic mass is 9.88. The van der Waals surface area contributed by atoms with Gasteiger partial charge in [0.1, 0.15) is 7.14 Å². The highest BCUT2D eigenvalue weighted by Crippen LogP contribution is 2.53. The summed E-state index contributed by atoms with van der Waals surface area (Å²) in [5, 5.41) is 4.27. The van der Waals surface area contributed by atoms with E-state index in [2.05, 4.69) is 77.6 Å². The van der Waals surface area contributed by atoms with E-state index in [9.17, 15) is 4.57 Å². The summed E-state index contributed by atoms with van der Waals surface area (Å²) >= 11 is 0. The highest BCUT2D eigenvalue weighted by Gasteiger charge is 2.36.